The van der Waals surface area contributed by atoms with E-state index in [9.17, 15) is 4.79 Å². The van der Waals surface area contributed by atoms with Gasteiger partial charge in [-0.2, -0.15) is 0 Å². The van der Waals surface area contributed by atoms with Crippen LogP contribution in [0.5, 0.6) is 0 Å². The first kappa shape index (κ1) is 11.3. The summed E-state index contributed by atoms with van der Waals surface area (Å²) in [5, 5.41) is 3.06. The largest absolute Gasteiger partial charge is 0.323 e. The van der Waals surface area contributed by atoms with Crippen LogP contribution in [0.4, 0.5) is 4.79 Å². The summed E-state index contributed by atoms with van der Waals surface area (Å²) in [4.78, 5) is 15.6. The van der Waals surface area contributed by atoms with Crippen molar-refractivity contribution in [1.82, 2.24) is 15.1 Å². The molecule has 1 N–H and O–H groups in total. The normalized spacial score (nSPS) is 17.3. The number of carbonyl (C=O) groups is 1. The lowest BCUT2D eigenvalue weighted by molar-refractivity contribution is 0.188. The van der Waals surface area contributed by atoms with Gasteiger partial charge in [-0.25, -0.2) is 4.79 Å². The van der Waals surface area contributed by atoms with Crippen LogP contribution in [0.1, 0.15) is 13.8 Å². The Morgan fingerprint density at radius 2 is 2.00 bits per heavy atom. The summed E-state index contributed by atoms with van der Waals surface area (Å²) in [6.45, 7) is 8.64. The van der Waals surface area contributed by atoms with E-state index in [1.54, 1.807) is 0 Å². The number of likely N-dealkylation sites (N-methyl/N-ethyl adjacent to an activating group) is 1. The topological polar surface area (TPSA) is 35.6 Å². The Morgan fingerprint density at radius 1 is 1.36 bits per heavy atom. The van der Waals surface area contributed by atoms with E-state index in [-0.39, 0.29) is 6.03 Å². The lowest BCUT2D eigenvalue weighted by Crippen LogP contribution is -2.36. The molecule has 1 aliphatic heterocycles. The molecule has 4 heteroatoms. The van der Waals surface area contributed by atoms with Crippen molar-refractivity contribution >= 4 is 6.03 Å². The average Bonchev–Trinajstić information content (AvgIpc) is 2.45. The van der Waals surface area contributed by atoms with Crippen molar-refractivity contribution < 1.29 is 4.79 Å². The minimum Gasteiger partial charge on any atom is -0.323 e. The first-order valence-corrected chi connectivity index (χ1v) is 5.33. The minimum absolute atomic E-state index is 0.203. The Balaban J connectivity index is 2.35. The van der Waals surface area contributed by atoms with Crippen molar-refractivity contribution in [2.45, 2.75) is 13.8 Å². The minimum atomic E-state index is 0.203. The zero-order valence-corrected chi connectivity index (χ0v) is 9.42. The monoisotopic (exact) mass is 199 g/mol. The molecule has 0 aromatic rings. The van der Waals surface area contributed by atoms with Gasteiger partial charge in [-0.1, -0.05) is 13.8 Å². The zero-order chi connectivity index (χ0) is 10.6. The number of amides is 2. The maximum atomic E-state index is 11.8. The van der Waals surface area contributed by atoms with Gasteiger partial charge in [-0.3, -0.25) is 0 Å². The molecule has 4 nitrogen and oxygen atoms in total. The smallest absolute Gasteiger partial charge is 0.320 e. The molecular weight excluding hydrogens is 178 g/mol. The second kappa shape index (κ2) is 5.20. The predicted molar refractivity (Wildman–Crippen MR) is 57.3 cm³/mol. The number of hydrogen-bond acceptors (Lipinski definition) is 2. The number of urea groups is 1. The Bertz CT molecular complexity index is 194. The van der Waals surface area contributed by atoms with Crippen molar-refractivity contribution in [2.24, 2.45) is 5.92 Å². The van der Waals surface area contributed by atoms with Crippen LogP contribution in [-0.4, -0.2) is 55.6 Å². The molecule has 0 radical (unpaired) electrons. The lowest BCUT2D eigenvalue weighted by atomic mass is 10.2. The number of nitrogens with one attached hydrogen (secondary N) is 1. The third kappa shape index (κ3) is 2.87. The van der Waals surface area contributed by atoms with Crippen LogP contribution >= 0.6 is 0 Å². The summed E-state index contributed by atoms with van der Waals surface area (Å²) in [6.07, 6.45) is 0. The van der Waals surface area contributed by atoms with Crippen LogP contribution in [0.15, 0.2) is 0 Å². The van der Waals surface area contributed by atoms with E-state index in [2.05, 4.69) is 19.2 Å². The van der Waals surface area contributed by atoms with Crippen LogP contribution in [0.3, 0.4) is 0 Å². The predicted octanol–water partition coefficient (Wildman–Crippen LogP) is 0.599. The van der Waals surface area contributed by atoms with Crippen LogP contribution in [-0.2, 0) is 0 Å². The van der Waals surface area contributed by atoms with Gasteiger partial charge >= 0.3 is 6.03 Å². The first-order valence-electron chi connectivity index (χ1n) is 5.33. The molecule has 82 valence electrons. The van der Waals surface area contributed by atoms with Crippen molar-refractivity contribution in [3.8, 4) is 0 Å². The summed E-state index contributed by atoms with van der Waals surface area (Å²) < 4.78 is 0. The highest BCUT2D eigenvalue weighted by Crippen LogP contribution is 2.10. The molecule has 1 aliphatic rings. The molecule has 1 heterocycles. The summed E-state index contributed by atoms with van der Waals surface area (Å²) >= 11 is 0. The van der Waals surface area contributed by atoms with Crippen molar-refractivity contribution in [1.29, 1.82) is 0 Å². The summed E-state index contributed by atoms with van der Waals surface area (Å²) in [5.74, 6) is 0.559. The van der Waals surface area contributed by atoms with Gasteiger partial charge in [0, 0.05) is 32.7 Å². The zero-order valence-electron chi connectivity index (χ0n) is 9.42. The number of hydrogen-bond donors (Lipinski definition) is 1. The molecule has 0 aromatic heterocycles. The summed E-state index contributed by atoms with van der Waals surface area (Å²) in [5.41, 5.74) is 0. The molecule has 1 rings (SSSR count). The lowest BCUT2D eigenvalue weighted by Gasteiger charge is -2.19. The average molecular weight is 199 g/mol. The second-order valence-corrected chi connectivity index (χ2v) is 4.21. The van der Waals surface area contributed by atoms with Crippen LogP contribution < -0.4 is 5.32 Å². The van der Waals surface area contributed by atoms with Crippen LogP contribution in [0.2, 0.25) is 0 Å². The fourth-order valence-corrected chi connectivity index (χ4v) is 1.70. The SMILES string of the molecule is CNCCN1CCN(CC(C)C)C1=O. The summed E-state index contributed by atoms with van der Waals surface area (Å²) in [7, 11) is 1.91. The molecule has 0 atom stereocenters. The number of nitrogens with zero attached hydrogens (tertiary/aromatic N) is 2. The Kier molecular flexibility index (Phi) is 4.20. The van der Waals surface area contributed by atoms with E-state index in [1.165, 1.54) is 0 Å². The van der Waals surface area contributed by atoms with Gasteiger partial charge in [0.05, 0.1) is 0 Å². The molecule has 14 heavy (non-hydrogen) atoms. The Morgan fingerprint density at radius 3 is 2.57 bits per heavy atom. The van der Waals surface area contributed by atoms with Gasteiger partial charge in [0.25, 0.3) is 0 Å². The molecule has 0 unspecified atom stereocenters. The quantitative estimate of drug-likeness (QED) is 0.704. The molecule has 1 saturated heterocycles. The van der Waals surface area contributed by atoms with E-state index < -0.39 is 0 Å². The standard InChI is InChI=1S/C10H21N3O/c1-9(2)8-13-7-6-12(10(13)14)5-4-11-3/h9,11H,4-8H2,1-3H3. The molecule has 1 fully saturated rings. The Labute approximate surface area is 86.2 Å². The molecule has 0 saturated carbocycles. The highest BCUT2D eigenvalue weighted by molar-refractivity contribution is 5.76. The second-order valence-electron chi connectivity index (χ2n) is 4.21. The van der Waals surface area contributed by atoms with Crippen molar-refractivity contribution in [2.75, 3.05) is 39.8 Å². The number of rotatable bonds is 5. The van der Waals surface area contributed by atoms with E-state index in [1.807, 2.05) is 16.8 Å². The van der Waals surface area contributed by atoms with Gasteiger partial charge in [0.15, 0.2) is 0 Å². The fourth-order valence-electron chi connectivity index (χ4n) is 1.70. The van der Waals surface area contributed by atoms with Crippen LogP contribution in [0.25, 0.3) is 0 Å². The van der Waals surface area contributed by atoms with Crippen molar-refractivity contribution in [3.63, 3.8) is 0 Å². The molecule has 0 bridgehead atoms. The van der Waals surface area contributed by atoms with E-state index in [0.29, 0.717) is 5.92 Å². The fraction of sp³-hybridized carbons (Fsp3) is 0.900. The molecule has 2 amide bonds. The maximum absolute atomic E-state index is 11.8. The van der Waals surface area contributed by atoms with E-state index >= 15 is 0 Å². The highest BCUT2D eigenvalue weighted by atomic mass is 16.2. The third-order valence-corrected chi connectivity index (χ3v) is 2.40. The van der Waals surface area contributed by atoms with E-state index in [4.69, 9.17) is 0 Å². The van der Waals surface area contributed by atoms with Gasteiger partial charge in [0.2, 0.25) is 0 Å². The van der Waals surface area contributed by atoms with Gasteiger partial charge in [-0.15, -0.1) is 0 Å². The number of carbonyl (C=O) groups excluding carboxylic acids is 1. The molecule has 0 aliphatic carbocycles. The van der Waals surface area contributed by atoms with Crippen molar-refractivity contribution in [3.05, 3.63) is 0 Å². The van der Waals surface area contributed by atoms with Gasteiger partial charge < -0.3 is 15.1 Å². The molecule has 0 spiro atoms. The maximum Gasteiger partial charge on any atom is 0.320 e. The van der Waals surface area contributed by atoms with Gasteiger partial charge in [-0.05, 0) is 13.0 Å². The molecule has 0 aromatic carbocycles. The van der Waals surface area contributed by atoms with Crippen LogP contribution in [0, 0.1) is 5.92 Å². The van der Waals surface area contributed by atoms with E-state index in [0.717, 1.165) is 32.7 Å². The molecular formula is C10H21N3O. The highest BCUT2D eigenvalue weighted by Gasteiger charge is 2.27. The third-order valence-electron chi connectivity index (χ3n) is 2.40. The Hall–Kier alpha value is -0.770. The summed E-state index contributed by atoms with van der Waals surface area (Å²) in [6, 6.07) is 0.203. The van der Waals surface area contributed by atoms with Gasteiger partial charge in [0.1, 0.15) is 0 Å². The first-order chi connectivity index (χ1) is 6.65.